The normalized spacial score (nSPS) is 10.9. The number of nitrogens with one attached hydrogen (secondary N) is 1. The minimum Gasteiger partial charge on any atom is -0.489 e. The Morgan fingerprint density at radius 3 is 2.72 bits per heavy atom. The van der Waals surface area contributed by atoms with Crippen LogP contribution in [0.2, 0.25) is 0 Å². The molecule has 1 amide bonds. The smallest absolute Gasteiger partial charge is 0.267 e. The van der Waals surface area contributed by atoms with Gasteiger partial charge in [-0.3, -0.25) is 9.78 Å². The van der Waals surface area contributed by atoms with E-state index in [1.54, 1.807) is 24.5 Å². The maximum atomic E-state index is 11.3. The Morgan fingerprint density at radius 2 is 1.81 bits per heavy atom. The van der Waals surface area contributed by atoms with Gasteiger partial charge in [0.1, 0.15) is 23.9 Å². The summed E-state index contributed by atoms with van der Waals surface area (Å²) in [5, 5.41) is 6.13. The third-order valence-corrected chi connectivity index (χ3v) is 4.94. The molecule has 0 saturated carbocycles. The molecular weight excluding hydrogens is 404 g/mol. The Kier molecular flexibility index (Phi) is 5.01. The van der Waals surface area contributed by atoms with E-state index in [2.05, 4.69) is 25.3 Å². The van der Waals surface area contributed by atoms with E-state index >= 15 is 0 Å². The third-order valence-electron chi connectivity index (χ3n) is 4.94. The van der Waals surface area contributed by atoms with Gasteiger partial charge < -0.3 is 15.8 Å². The van der Waals surface area contributed by atoms with E-state index in [0.717, 1.165) is 27.2 Å². The zero-order valence-corrected chi connectivity index (χ0v) is 16.9. The summed E-state index contributed by atoms with van der Waals surface area (Å²) in [6, 6.07) is 18.9. The number of rotatable bonds is 6. The van der Waals surface area contributed by atoms with Crippen LogP contribution in [0.4, 0.5) is 11.8 Å². The molecule has 0 bridgehead atoms. The Bertz CT molecular complexity index is 1450. The van der Waals surface area contributed by atoms with Gasteiger partial charge in [-0.25, -0.2) is 15.0 Å². The first-order valence-corrected chi connectivity index (χ1v) is 9.91. The lowest BCUT2D eigenvalue weighted by Gasteiger charge is -2.09. The van der Waals surface area contributed by atoms with Crippen molar-refractivity contribution >= 4 is 39.3 Å². The molecule has 0 radical (unpaired) electrons. The predicted octanol–water partition coefficient (Wildman–Crippen LogP) is 3.99. The molecule has 0 spiro atoms. The van der Waals surface area contributed by atoms with Gasteiger partial charge >= 0.3 is 0 Å². The van der Waals surface area contributed by atoms with Crippen molar-refractivity contribution in [2.45, 2.75) is 6.61 Å². The molecule has 3 aromatic heterocycles. The number of aromatic nitrogens is 4. The molecule has 0 atom stereocenters. The Labute approximate surface area is 183 Å². The summed E-state index contributed by atoms with van der Waals surface area (Å²) in [6.45, 7) is 0.279. The third kappa shape index (κ3) is 4.01. The number of hydrogen-bond acceptors (Lipinski definition) is 7. The Balaban J connectivity index is 1.34. The molecule has 5 rings (SSSR count). The minimum absolute atomic E-state index is 0.207. The second kappa shape index (κ2) is 8.27. The highest BCUT2D eigenvalue weighted by atomic mass is 16.5. The lowest BCUT2D eigenvalue weighted by molar-refractivity contribution is 0.0995. The van der Waals surface area contributed by atoms with Gasteiger partial charge in [0.25, 0.3) is 5.91 Å². The number of carbonyl (C=O) groups is 1. The highest BCUT2D eigenvalue weighted by Crippen LogP contribution is 2.25. The maximum absolute atomic E-state index is 11.3. The summed E-state index contributed by atoms with van der Waals surface area (Å²) in [7, 11) is 0. The van der Waals surface area contributed by atoms with Gasteiger partial charge in [-0.1, -0.05) is 24.3 Å². The molecule has 156 valence electrons. The van der Waals surface area contributed by atoms with Gasteiger partial charge in [-0.05, 0) is 47.3 Å². The SMILES string of the molecule is NC(=O)c1cc(COc2ccc3nc(Nc4nccc5ccccc45)ncc3c2)ccn1. The van der Waals surface area contributed by atoms with Crippen molar-refractivity contribution in [1.82, 2.24) is 19.9 Å². The van der Waals surface area contributed by atoms with Crippen LogP contribution in [0, 0.1) is 0 Å². The second-order valence-corrected chi connectivity index (χ2v) is 7.12. The summed E-state index contributed by atoms with van der Waals surface area (Å²) in [5.41, 5.74) is 7.05. The molecule has 8 heteroatoms. The average molecular weight is 422 g/mol. The molecule has 3 N–H and O–H groups in total. The van der Waals surface area contributed by atoms with Crippen LogP contribution in [-0.2, 0) is 6.61 Å². The zero-order valence-electron chi connectivity index (χ0n) is 16.9. The second-order valence-electron chi connectivity index (χ2n) is 7.12. The van der Waals surface area contributed by atoms with Gasteiger partial charge in [0.05, 0.1) is 5.52 Å². The minimum atomic E-state index is -0.571. The highest BCUT2D eigenvalue weighted by Gasteiger charge is 2.07. The summed E-state index contributed by atoms with van der Waals surface area (Å²) in [5.74, 6) is 1.26. The van der Waals surface area contributed by atoms with Crippen molar-refractivity contribution in [1.29, 1.82) is 0 Å². The first kappa shape index (κ1) is 19.4. The van der Waals surface area contributed by atoms with E-state index in [0.29, 0.717) is 17.5 Å². The Hall–Kier alpha value is -4.59. The number of hydrogen-bond donors (Lipinski definition) is 2. The van der Waals surface area contributed by atoms with Crippen LogP contribution in [0.15, 0.2) is 79.3 Å². The van der Waals surface area contributed by atoms with Gasteiger partial charge in [-0.15, -0.1) is 0 Å². The van der Waals surface area contributed by atoms with Crippen LogP contribution < -0.4 is 15.8 Å². The largest absolute Gasteiger partial charge is 0.489 e. The highest BCUT2D eigenvalue weighted by molar-refractivity contribution is 5.93. The van der Waals surface area contributed by atoms with E-state index in [9.17, 15) is 4.79 Å². The fraction of sp³-hybridized carbons (Fsp3) is 0.0417. The van der Waals surface area contributed by atoms with Crippen molar-refractivity contribution < 1.29 is 9.53 Å². The average Bonchev–Trinajstić information content (AvgIpc) is 2.83. The molecule has 0 fully saturated rings. The topological polar surface area (TPSA) is 116 Å². The zero-order chi connectivity index (χ0) is 21.9. The van der Waals surface area contributed by atoms with E-state index in [4.69, 9.17) is 10.5 Å². The first-order valence-electron chi connectivity index (χ1n) is 9.91. The molecule has 0 aliphatic rings. The van der Waals surface area contributed by atoms with Crippen molar-refractivity contribution in [2.24, 2.45) is 5.73 Å². The Morgan fingerprint density at radius 1 is 0.938 bits per heavy atom. The van der Waals surface area contributed by atoms with Gasteiger partial charge in [-0.2, -0.15) is 0 Å². The fourth-order valence-electron chi connectivity index (χ4n) is 3.35. The van der Waals surface area contributed by atoms with E-state index < -0.39 is 5.91 Å². The number of fused-ring (bicyclic) bond motifs is 2. The number of amides is 1. The van der Waals surface area contributed by atoms with Crippen LogP contribution >= 0.6 is 0 Å². The number of benzene rings is 2. The van der Waals surface area contributed by atoms with Crippen LogP contribution in [-0.4, -0.2) is 25.8 Å². The number of nitrogens with zero attached hydrogens (tertiary/aromatic N) is 4. The number of ether oxygens (including phenoxy) is 1. The molecule has 0 aliphatic carbocycles. The van der Waals surface area contributed by atoms with Gasteiger partial charge in [0.2, 0.25) is 5.95 Å². The van der Waals surface area contributed by atoms with E-state index in [1.165, 1.54) is 6.20 Å². The molecule has 0 saturated heterocycles. The molecular formula is C24H18N6O2. The molecule has 2 aromatic carbocycles. The number of anilines is 2. The fourth-order valence-corrected chi connectivity index (χ4v) is 3.35. The molecule has 0 aliphatic heterocycles. The number of carbonyl (C=O) groups excluding carboxylic acids is 1. The van der Waals surface area contributed by atoms with Crippen LogP contribution in [0.25, 0.3) is 21.7 Å². The van der Waals surface area contributed by atoms with Crippen molar-refractivity contribution in [3.63, 3.8) is 0 Å². The summed E-state index contributed by atoms with van der Waals surface area (Å²) < 4.78 is 5.85. The lowest BCUT2D eigenvalue weighted by atomic mass is 10.1. The quantitative estimate of drug-likeness (QED) is 0.425. The first-order chi connectivity index (χ1) is 15.7. The molecule has 0 unspecified atom stereocenters. The number of primary amides is 1. The molecule has 32 heavy (non-hydrogen) atoms. The standard InChI is InChI=1S/C24H18N6O2/c25-22(31)21-11-15(7-9-26-21)14-32-18-5-6-20-17(12-18)13-28-24(29-20)30-23-19-4-2-1-3-16(19)8-10-27-23/h1-13H,14H2,(H2,25,31)(H,27,28,29,30). The van der Waals surface area contributed by atoms with Crippen LogP contribution in [0.3, 0.4) is 0 Å². The molecule has 3 heterocycles. The predicted molar refractivity (Wildman–Crippen MR) is 122 cm³/mol. The summed E-state index contributed by atoms with van der Waals surface area (Å²) in [6.07, 6.45) is 5.02. The van der Waals surface area contributed by atoms with Gasteiger partial charge in [0.15, 0.2) is 0 Å². The number of pyridine rings is 2. The summed E-state index contributed by atoms with van der Waals surface area (Å²) in [4.78, 5) is 28.6. The van der Waals surface area contributed by atoms with E-state index in [-0.39, 0.29) is 12.3 Å². The monoisotopic (exact) mass is 422 g/mol. The van der Waals surface area contributed by atoms with Crippen molar-refractivity contribution in [3.05, 3.63) is 90.5 Å². The van der Waals surface area contributed by atoms with Crippen molar-refractivity contribution in [2.75, 3.05) is 5.32 Å². The van der Waals surface area contributed by atoms with Crippen LogP contribution in [0.1, 0.15) is 16.1 Å². The van der Waals surface area contributed by atoms with E-state index in [1.807, 2.05) is 48.5 Å². The summed E-state index contributed by atoms with van der Waals surface area (Å²) >= 11 is 0. The maximum Gasteiger partial charge on any atom is 0.267 e. The number of nitrogens with two attached hydrogens (primary N) is 1. The lowest BCUT2D eigenvalue weighted by Crippen LogP contribution is -2.13. The van der Waals surface area contributed by atoms with Crippen molar-refractivity contribution in [3.8, 4) is 5.75 Å². The molecule has 5 aromatic rings. The van der Waals surface area contributed by atoms with Gasteiger partial charge in [0, 0.05) is 29.4 Å². The van der Waals surface area contributed by atoms with Crippen LogP contribution in [0.5, 0.6) is 5.75 Å². The molecule has 8 nitrogen and oxygen atoms in total.